The summed E-state index contributed by atoms with van der Waals surface area (Å²) in [5.74, 6) is -0.0127. The number of hydrogen-bond donors (Lipinski definition) is 1. The van der Waals surface area contributed by atoms with Crippen LogP contribution in [0.3, 0.4) is 0 Å². The molecule has 1 aromatic rings. The van der Waals surface area contributed by atoms with Crippen molar-refractivity contribution in [2.75, 3.05) is 0 Å². The highest BCUT2D eigenvalue weighted by Crippen LogP contribution is 2.28. The Morgan fingerprint density at radius 3 is 2.24 bits per heavy atom. The summed E-state index contributed by atoms with van der Waals surface area (Å²) in [7, 11) is 0. The Morgan fingerprint density at radius 2 is 1.71 bits per heavy atom. The molecule has 0 heterocycles. The van der Waals surface area contributed by atoms with Crippen LogP contribution in [0.25, 0.3) is 0 Å². The van der Waals surface area contributed by atoms with E-state index in [2.05, 4.69) is 71.1 Å². The van der Waals surface area contributed by atoms with E-state index in [1.165, 1.54) is 5.56 Å². The Hall–Kier alpha value is -1.57. The summed E-state index contributed by atoms with van der Waals surface area (Å²) in [6.07, 6.45) is 4.50. The van der Waals surface area contributed by atoms with Gasteiger partial charge in [-0.2, -0.15) is 0 Å². The van der Waals surface area contributed by atoms with Gasteiger partial charge in [0, 0.05) is 6.04 Å². The fourth-order valence-electron chi connectivity index (χ4n) is 2.44. The average molecular weight is 287 g/mol. The zero-order valence-electron chi connectivity index (χ0n) is 14.2. The van der Waals surface area contributed by atoms with Gasteiger partial charge < -0.3 is 5.32 Å². The largest absolute Gasteiger partial charge is 0.350 e. The second-order valence-corrected chi connectivity index (χ2v) is 7.56. The third kappa shape index (κ3) is 6.61. The highest BCUT2D eigenvalue weighted by Gasteiger charge is 2.23. The minimum atomic E-state index is -0.0127. The second kappa shape index (κ2) is 6.93. The van der Waals surface area contributed by atoms with E-state index in [9.17, 15) is 4.79 Å². The van der Waals surface area contributed by atoms with Crippen LogP contribution in [0.5, 0.6) is 0 Å². The van der Waals surface area contributed by atoms with Gasteiger partial charge in [-0.1, -0.05) is 71.0 Å². The van der Waals surface area contributed by atoms with Gasteiger partial charge in [-0.15, -0.1) is 0 Å². The number of benzene rings is 1. The average Bonchev–Trinajstić information content (AvgIpc) is 2.36. The van der Waals surface area contributed by atoms with Crippen molar-refractivity contribution in [2.45, 2.75) is 59.4 Å². The van der Waals surface area contributed by atoms with Gasteiger partial charge in [-0.25, -0.2) is 0 Å². The van der Waals surface area contributed by atoms with Crippen molar-refractivity contribution < 1.29 is 4.79 Å². The van der Waals surface area contributed by atoms with Gasteiger partial charge in [0.05, 0.1) is 0 Å². The summed E-state index contributed by atoms with van der Waals surface area (Å²) in [6, 6.07) is 10.6. The van der Waals surface area contributed by atoms with Crippen LogP contribution >= 0.6 is 0 Å². The number of rotatable bonds is 5. The molecule has 0 bridgehead atoms. The molecule has 1 rings (SSSR count). The quantitative estimate of drug-likeness (QED) is 0.796. The van der Waals surface area contributed by atoms with Crippen molar-refractivity contribution in [1.29, 1.82) is 0 Å². The van der Waals surface area contributed by atoms with Gasteiger partial charge in [-0.05, 0) is 35.8 Å². The van der Waals surface area contributed by atoms with Crippen LogP contribution in [0.15, 0.2) is 42.5 Å². The summed E-state index contributed by atoms with van der Waals surface area (Å²) in [4.78, 5) is 11.9. The third-order valence-electron chi connectivity index (χ3n) is 3.50. The molecule has 0 aliphatic heterocycles. The summed E-state index contributed by atoms with van der Waals surface area (Å²) >= 11 is 0. The summed E-state index contributed by atoms with van der Waals surface area (Å²) in [5, 5.41) is 3.05. The van der Waals surface area contributed by atoms with Crippen molar-refractivity contribution in [1.82, 2.24) is 5.32 Å². The first-order valence-corrected chi connectivity index (χ1v) is 7.65. The topological polar surface area (TPSA) is 29.1 Å². The lowest BCUT2D eigenvalue weighted by Crippen LogP contribution is -2.36. The number of amides is 1. The van der Waals surface area contributed by atoms with Crippen LogP contribution in [0.1, 0.15) is 53.5 Å². The second-order valence-electron chi connectivity index (χ2n) is 7.56. The number of carbonyl (C=O) groups is 1. The normalized spacial score (nSPS) is 14.2. The number of hydrogen-bond acceptors (Lipinski definition) is 1. The van der Waals surface area contributed by atoms with Gasteiger partial charge in [0.15, 0.2) is 0 Å². The maximum Gasteiger partial charge on any atom is 0.243 e. The van der Waals surface area contributed by atoms with Gasteiger partial charge in [0.25, 0.3) is 0 Å². The molecule has 0 saturated heterocycles. The van der Waals surface area contributed by atoms with Gasteiger partial charge in [0.2, 0.25) is 5.91 Å². The van der Waals surface area contributed by atoms with Gasteiger partial charge in [-0.3, -0.25) is 4.79 Å². The van der Waals surface area contributed by atoms with Crippen LogP contribution in [0, 0.1) is 5.41 Å². The third-order valence-corrected chi connectivity index (χ3v) is 3.50. The van der Waals surface area contributed by atoms with Crippen LogP contribution in [0.2, 0.25) is 0 Å². The van der Waals surface area contributed by atoms with Crippen molar-refractivity contribution >= 4 is 5.91 Å². The Morgan fingerprint density at radius 1 is 1.14 bits per heavy atom. The molecule has 1 aromatic carbocycles. The van der Waals surface area contributed by atoms with Crippen LogP contribution in [0.4, 0.5) is 0 Å². The van der Waals surface area contributed by atoms with E-state index in [0.717, 1.165) is 6.42 Å². The minimum Gasteiger partial charge on any atom is -0.350 e. The smallest absolute Gasteiger partial charge is 0.243 e. The molecule has 1 amide bonds. The Balaban J connectivity index is 2.59. The molecule has 0 fully saturated rings. The summed E-state index contributed by atoms with van der Waals surface area (Å²) in [6.45, 7) is 12.7. The van der Waals surface area contributed by atoms with Crippen molar-refractivity contribution in [3.05, 3.63) is 48.0 Å². The summed E-state index contributed by atoms with van der Waals surface area (Å²) < 4.78 is 0. The maximum atomic E-state index is 11.9. The predicted octanol–water partition coefficient (Wildman–Crippen LogP) is 4.46. The molecule has 1 atom stereocenters. The molecule has 0 saturated carbocycles. The lowest BCUT2D eigenvalue weighted by Gasteiger charge is -2.29. The first-order chi connectivity index (χ1) is 9.60. The van der Waals surface area contributed by atoms with Crippen molar-refractivity contribution in [2.24, 2.45) is 5.41 Å². The molecule has 2 nitrogen and oxygen atoms in total. The fourth-order valence-corrected chi connectivity index (χ4v) is 2.44. The highest BCUT2D eigenvalue weighted by atomic mass is 16.1. The first-order valence-electron chi connectivity index (χ1n) is 7.65. The maximum absolute atomic E-state index is 11.9. The van der Waals surface area contributed by atoms with E-state index in [1.54, 1.807) is 6.08 Å². The molecule has 116 valence electrons. The van der Waals surface area contributed by atoms with E-state index in [4.69, 9.17) is 0 Å². The monoisotopic (exact) mass is 287 g/mol. The van der Waals surface area contributed by atoms with E-state index in [0.29, 0.717) is 0 Å². The van der Waals surface area contributed by atoms with E-state index in [1.807, 2.05) is 12.1 Å². The SMILES string of the molecule is CC(CC(C)(C)c1ccccc1)NC(=O)/C=C/C(C)(C)C. The first kappa shape index (κ1) is 17.5. The van der Waals surface area contributed by atoms with E-state index in [-0.39, 0.29) is 22.8 Å². The fraction of sp³-hybridized carbons (Fsp3) is 0.526. The molecule has 21 heavy (non-hydrogen) atoms. The predicted molar refractivity (Wildman–Crippen MR) is 90.3 cm³/mol. The lowest BCUT2D eigenvalue weighted by atomic mass is 9.79. The zero-order valence-corrected chi connectivity index (χ0v) is 14.2. The summed E-state index contributed by atoms with van der Waals surface area (Å²) in [5.41, 5.74) is 1.38. The number of nitrogens with one attached hydrogen (secondary N) is 1. The molecule has 1 unspecified atom stereocenters. The molecule has 0 radical (unpaired) electrons. The van der Waals surface area contributed by atoms with E-state index >= 15 is 0 Å². The van der Waals surface area contributed by atoms with Crippen molar-refractivity contribution in [3.8, 4) is 0 Å². The van der Waals surface area contributed by atoms with E-state index < -0.39 is 0 Å². The molecule has 0 aromatic heterocycles. The van der Waals surface area contributed by atoms with Gasteiger partial charge in [0.1, 0.15) is 0 Å². The van der Waals surface area contributed by atoms with Gasteiger partial charge >= 0.3 is 0 Å². The molecule has 0 spiro atoms. The highest BCUT2D eigenvalue weighted by molar-refractivity contribution is 5.87. The molecule has 0 aliphatic rings. The number of allylic oxidation sites excluding steroid dienone is 1. The Kier molecular flexibility index (Phi) is 5.77. The van der Waals surface area contributed by atoms with Crippen LogP contribution in [-0.4, -0.2) is 11.9 Å². The standard InChI is InChI=1S/C19H29NO/c1-15(20-17(21)12-13-18(2,3)4)14-19(5,6)16-10-8-7-9-11-16/h7-13,15H,14H2,1-6H3,(H,20,21)/b13-12+. The molecular weight excluding hydrogens is 258 g/mol. The molecule has 2 heteroatoms. The molecular formula is C19H29NO. The molecule has 0 aliphatic carbocycles. The Bertz CT molecular complexity index is 480. The minimum absolute atomic E-state index is 0.0127. The molecule has 1 N–H and O–H groups in total. The Labute approximate surface area is 129 Å². The van der Waals surface area contributed by atoms with Crippen molar-refractivity contribution in [3.63, 3.8) is 0 Å². The van der Waals surface area contributed by atoms with Crippen LogP contribution in [-0.2, 0) is 10.2 Å². The zero-order chi connectivity index (χ0) is 16.1. The number of carbonyl (C=O) groups excluding carboxylic acids is 1. The van der Waals surface area contributed by atoms with Crippen LogP contribution < -0.4 is 5.32 Å². The lowest BCUT2D eigenvalue weighted by molar-refractivity contribution is -0.117.